The van der Waals surface area contributed by atoms with Gasteiger partial charge in [0, 0.05) is 36.7 Å². The molecule has 3 heterocycles. The number of benzene rings is 1. The van der Waals surface area contributed by atoms with Gasteiger partial charge in [-0.05, 0) is 18.1 Å². The highest BCUT2D eigenvalue weighted by Crippen LogP contribution is 2.43. The van der Waals surface area contributed by atoms with Crippen molar-refractivity contribution in [1.29, 1.82) is 0 Å². The number of carboxylic acids is 1. The molecule has 1 amide bonds. The number of ether oxygens (including phenoxy) is 3. The third kappa shape index (κ3) is 2.89. The summed E-state index contributed by atoms with van der Waals surface area (Å²) in [6.07, 6.45) is 0.528. The van der Waals surface area contributed by atoms with Gasteiger partial charge in [0.25, 0.3) is 0 Å². The zero-order chi connectivity index (χ0) is 18.3. The number of fused-ring (bicyclic) bond motifs is 2. The molecule has 2 atom stereocenters. The van der Waals surface area contributed by atoms with Gasteiger partial charge in [-0.2, -0.15) is 0 Å². The summed E-state index contributed by atoms with van der Waals surface area (Å²) in [7, 11) is 0. The Morgan fingerprint density at radius 2 is 1.96 bits per heavy atom. The van der Waals surface area contributed by atoms with Crippen LogP contribution in [0, 0.1) is 11.3 Å². The first-order chi connectivity index (χ1) is 12.5. The standard InChI is InChI=1S/C18H20ClNO6/c19-13-7-15-14(25-3-4-26-15)5-11(13)6-16(21)20-8-12-9-24-2-1-18(12,10-20)17(22)23/h5,7,12H,1-4,6,8-10H2,(H,22,23)/t12-,18+/m1/s1. The zero-order valence-electron chi connectivity index (χ0n) is 14.2. The minimum atomic E-state index is -0.898. The number of nitrogens with zero attached hydrogens (tertiary/aromatic N) is 1. The van der Waals surface area contributed by atoms with Crippen molar-refractivity contribution in [2.45, 2.75) is 12.8 Å². The van der Waals surface area contributed by atoms with E-state index in [2.05, 4.69) is 0 Å². The lowest BCUT2D eigenvalue weighted by molar-refractivity contribution is -0.157. The molecule has 0 unspecified atom stereocenters. The van der Waals surface area contributed by atoms with Crippen LogP contribution in [0.3, 0.4) is 0 Å². The molecule has 1 aromatic carbocycles. The van der Waals surface area contributed by atoms with Crippen LogP contribution >= 0.6 is 11.6 Å². The highest BCUT2D eigenvalue weighted by molar-refractivity contribution is 6.31. The van der Waals surface area contributed by atoms with E-state index < -0.39 is 11.4 Å². The van der Waals surface area contributed by atoms with Crippen molar-refractivity contribution in [3.63, 3.8) is 0 Å². The summed E-state index contributed by atoms with van der Waals surface area (Å²) in [4.78, 5) is 26.3. The van der Waals surface area contributed by atoms with E-state index in [1.165, 1.54) is 0 Å². The molecular formula is C18H20ClNO6. The molecule has 140 valence electrons. The average molecular weight is 382 g/mol. The van der Waals surface area contributed by atoms with E-state index in [4.69, 9.17) is 25.8 Å². The molecule has 0 spiro atoms. The van der Waals surface area contributed by atoms with Gasteiger partial charge >= 0.3 is 5.97 Å². The molecule has 8 heteroatoms. The van der Waals surface area contributed by atoms with Gasteiger partial charge in [-0.3, -0.25) is 9.59 Å². The molecule has 0 aliphatic carbocycles. The number of carbonyl (C=O) groups excluding carboxylic acids is 1. The number of carboxylic acid groups (broad SMARTS) is 1. The molecule has 1 N–H and O–H groups in total. The van der Waals surface area contributed by atoms with Crippen molar-refractivity contribution < 1.29 is 28.9 Å². The van der Waals surface area contributed by atoms with Crippen LogP contribution in [0.1, 0.15) is 12.0 Å². The molecule has 0 aromatic heterocycles. The van der Waals surface area contributed by atoms with Gasteiger partial charge in [0.2, 0.25) is 5.91 Å². The first kappa shape index (κ1) is 17.4. The van der Waals surface area contributed by atoms with Gasteiger partial charge in [0.15, 0.2) is 11.5 Å². The van der Waals surface area contributed by atoms with Crippen LogP contribution in [0.2, 0.25) is 5.02 Å². The summed E-state index contributed by atoms with van der Waals surface area (Å²) in [5, 5.41) is 10.2. The van der Waals surface area contributed by atoms with Crippen molar-refractivity contribution in [2.24, 2.45) is 11.3 Å². The van der Waals surface area contributed by atoms with Crippen molar-refractivity contribution in [1.82, 2.24) is 4.90 Å². The monoisotopic (exact) mass is 381 g/mol. The normalized spacial score (nSPS) is 27.1. The van der Waals surface area contributed by atoms with Crippen LogP contribution in [0.5, 0.6) is 11.5 Å². The van der Waals surface area contributed by atoms with Crippen molar-refractivity contribution in [3.8, 4) is 11.5 Å². The van der Waals surface area contributed by atoms with E-state index in [1.807, 2.05) is 0 Å². The van der Waals surface area contributed by atoms with E-state index in [1.54, 1.807) is 17.0 Å². The summed E-state index contributed by atoms with van der Waals surface area (Å²) in [5.74, 6) is -0.00827. The lowest BCUT2D eigenvalue weighted by Crippen LogP contribution is -2.45. The Hall–Kier alpha value is -1.99. The van der Waals surface area contributed by atoms with Gasteiger partial charge in [-0.15, -0.1) is 0 Å². The highest BCUT2D eigenvalue weighted by atomic mass is 35.5. The maximum Gasteiger partial charge on any atom is 0.311 e. The fourth-order valence-electron chi connectivity index (χ4n) is 4.01. The smallest absolute Gasteiger partial charge is 0.311 e. The number of aliphatic carboxylic acids is 1. The number of halogens is 1. The van der Waals surface area contributed by atoms with E-state index >= 15 is 0 Å². The van der Waals surface area contributed by atoms with E-state index in [-0.39, 0.29) is 24.8 Å². The lowest BCUT2D eigenvalue weighted by Gasteiger charge is -2.33. The Balaban J connectivity index is 1.51. The molecule has 3 aliphatic rings. The van der Waals surface area contributed by atoms with Gasteiger partial charge in [-0.1, -0.05) is 11.6 Å². The number of hydrogen-bond acceptors (Lipinski definition) is 5. The van der Waals surface area contributed by atoms with Crippen LogP contribution in [0.25, 0.3) is 0 Å². The molecule has 26 heavy (non-hydrogen) atoms. The summed E-state index contributed by atoms with van der Waals surface area (Å²) < 4.78 is 16.5. The number of rotatable bonds is 3. The Bertz CT molecular complexity index is 753. The van der Waals surface area contributed by atoms with E-state index in [0.29, 0.717) is 61.5 Å². The molecule has 4 rings (SSSR count). The summed E-state index contributed by atoms with van der Waals surface area (Å²) in [6.45, 7) is 2.33. The van der Waals surface area contributed by atoms with Crippen molar-refractivity contribution in [2.75, 3.05) is 39.5 Å². The maximum absolute atomic E-state index is 12.8. The van der Waals surface area contributed by atoms with E-state index in [9.17, 15) is 14.7 Å². The second-order valence-corrected chi connectivity index (χ2v) is 7.43. The second kappa shape index (κ2) is 6.63. The second-order valence-electron chi connectivity index (χ2n) is 7.02. The van der Waals surface area contributed by atoms with Crippen LogP contribution in [0.4, 0.5) is 0 Å². The minimum absolute atomic E-state index is 0.0960. The van der Waals surface area contributed by atoms with Gasteiger partial charge in [-0.25, -0.2) is 0 Å². The summed E-state index contributed by atoms with van der Waals surface area (Å²) in [6, 6.07) is 3.39. The Morgan fingerprint density at radius 3 is 2.65 bits per heavy atom. The average Bonchev–Trinajstić information content (AvgIpc) is 3.03. The Kier molecular flexibility index (Phi) is 4.44. The van der Waals surface area contributed by atoms with Crippen molar-refractivity contribution >= 4 is 23.5 Å². The minimum Gasteiger partial charge on any atom is -0.486 e. The summed E-state index contributed by atoms with van der Waals surface area (Å²) >= 11 is 6.29. The molecule has 2 fully saturated rings. The molecule has 2 saturated heterocycles. The third-order valence-corrected chi connectivity index (χ3v) is 5.89. The molecule has 0 saturated carbocycles. The van der Waals surface area contributed by atoms with Gasteiger partial charge in [0.05, 0.1) is 18.4 Å². The lowest BCUT2D eigenvalue weighted by atomic mass is 9.74. The van der Waals surface area contributed by atoms with Gasteiger partial charge in [0.1, 0.15) is 13.2 Å². The number of carbonyl (C=O) groups is 2. The summed E-state index contributed by atoms with van der Waals surface area (Å²) in [5.41, 5.74) is -0.249. The van der Waals surface area contributed by atoms with Gasteiger partial charge < -0.3 is 24.2 Å². The fourth-order valence-corrected chi connectivity index (χ4v) is 4.23. The molecule has 1 aromatic rings. The predicted molar refractivity (Wildman–Crippen MR) is 91.7 cm³/mol. The first-order valence-electron chi connectivity index (χ1n) is 8.66. The van der Waals surface area contributed by atoms with E-state index in [0.717, 1.165) is 0 Å². The first-order valence-corrected chi connectivity index (χ1v) is 9.04. The zero-order valence-corrected chi connectivity index (χ0v) is 15.0. The number of amides is 1. The number of likely N-dealkylation sites (tertiary alicyclic amines) is 1. The van der Waals surface area contributed by atoms with Crippen molar-refractivity contribution in [3.05, 3.63) is 22.7 Å². The topological polar surface area (TPSA) is 85.3 Å². The quantitative estimate of drug-likeness (QED) is 0.856. The van der Waals surface area contributed by atoms with Crippen LogP contribution in [-0.2, 0) is 20.7 Å². The SMILES string of the molecule is O=C(Cc1cc2c(cc1Cl)OCCO2)N1C[C@@H]2COCC[C@]2(C(=O)O)C1. The maximum atomic E-state index is 12.8. The molecule has 0 bridgehead atoms. The third-order valence-electron chi connectivity index (χ3n) is 5.54. The van der Waals surface area contributed by atoms with Crippen LogP contribution in [0.15, 0.2) is 12.1 Å². The molecular weight excluding hydrogens is 362 g/mol. The number of hydrogen-bond donors (Lipinski definition) is 1. The highest BCUT2D eigenvalue weighted by Gasteiger charge is 2.54. The molecule has 7 nitrogen and oxygen atoms in total. The molecule has 0 radical (unpaired) electrons. The van der Waals surface area contributed by atoms with Crippen LogP contribution < -0.4 is 9.47 Å². The van der Waals surface area contributed by atoms with Crippen LogP contribution in [-0.4, -0.2) is 61.4 Å². The fraction of sp³-hybridized carbons (Fsp3) is 0.556. The Morgan fingerprint density at radius 1 is 1.23 bits per heavy atom. The largest absolute Gasteiger partial charge is 0.486 e. The molecule has 3 aliphatic heterocycles. The predicted octanol–water partition coefficient (Wildman–Crippen LogP) is 1.60. The Labute approximate surface area is 155 Å².